The average molecular weight is 171 g/mol. The summed E-state index contributed by atoms with van der Waals surface area (Å²) in [5.41, 5.74) is 0. The monoisotopic (exact) mass is 171 g/mol. The normalized spacial score (nSPS) is 15.8. The van der Waals surface area contributed by atoms with E-state index in [0.717, 1.165) is 6.42 Å². The Bertz CT molecular complexity index is 143. The first-order valence-corrected chi connectivity index (χ1v) is 4.76. The van der Waals surface area contributed by atoms with Gasteiger partial charge < -0.3 is 5.32 Å². The van der Waals surface area contributed by atoms with E-state index >= 15 is 0 Å². The number of hydrogen-bond acceptors (Lipinski definition) is 1. The predicted octanol–water partition coefficient (Wildman–Crippen LogP) is 2.19. The summed E-state index contributed by atoms with van der Waals surface area (Å²) in [7, 11) is 0. The molecule has 0 bridgehead atoms. The van der Waals surface area contributed by atoms with Crippen LogP contribution < -0.4 is 5.32 Å². The molecule has 2 heteroatoms. The molecule has 0 aromatic carbocycles. The molecule has 0 aliphatic carbocycles. The highest BCUT2D eigenvalue weighted by atomic mass is 16.1. The van der Waals surface area contributed by atoms with Crippen molar-refractivity contribution in [2.24, 2.45) is 11.8 Å². The molecule has 0 rings (SSSR count). The summed E-state index contributed by atoms with van der Waals surface area (Å²) in [6, 6.07) is 0.326. The highest BCUT2D eigenvalue weighted by Crippen LogP contribution is 2.15. The number of carbonyl (C=O) groups is 1. The van der Waals surface area contributed by atoms with E-state index in [4.69, 9.17) is 0 Å². The van der Waals surface area contributed by atoms with Gasteiger partial charge in [-0.25, -0.2) is 0 Å². The van der Waals surface area contributed by atoms with Crippen molar-refractivity contribution in [1.82, 2.24) is 5.32 Å². The van der Waals surface area contributed by atoms with Crippen molar-refractivity contribution in [2.75, 3.05) is 0 Å². The van der Waals surface area contributed by atoms with Crippen LogP contribution >= 0.6 is 0 Å². The molecule has 2 atom stereocenters. The van der Waals surface area contributed by atoms with Gasteiger partial charge in [-0.05, 0) is 11.8 Å². The summed E-state index contributed by atoms with van der Waals surface area (Å²) in [5.74, 6) is 1.16. The number of nitrogens with one attached hydrogen (secondary N) is 1. The van der Waals surface area contributed by atoms with E-state index < -0.39 is 0 Å². The minimum atomic E-state index is 0.0778. The van der Waals surface area contributed by atoms with Crippen molar-refractivity contribution in [3.05, 3.63) is 0 Å². The first-order valence-electron chi connectivity index (χ1n) is 4.76. The van der Waals surface area contributed by atoms with Crippen molar-refractivity contribution in [3.8, 4) is 0 Å². The Morgan fingerprint density at radius 3 is 2.08 bits per heavy atom. The molecule has 12 heavy (non-hydrogen) atoms. The molecule has 2 nitrogen and oxygen atoms in total. The van der Waals surface area contributed by atoms with Crippen LogP contribution in [0.25, 0.3) is 0 Å². The molecule has 0 aliphatic rings. The molecule has 0 radical (unpaired) electrons. The van der Waals surface area contributed by atoms with Crippen LogP contribution in [0, 0.1) is 11.8 Å². The molecule has 0 aliphatic heterocycles. The van der Waals surface area contributed by atoms with E-state index in [1.54, 1.807) is 6.92 Å². The molecule has 0 saturated heterocycles. The van der Waals surface area contributed by atoms with Gasteiger partial charge in [0.1, 0.15) is 0 Å². The molecule has 0 fully saturated rings. The van der Waals surface area contributed by atoms with E-state index in [0.29, 0.717) is 17.9 Å². The van der Waals surface area contributed by atoms with Gasteiger partial charge in [-0.1, -0.05) is 34.1 Å². The van der Waals surface area contributed by atoms with E-state index in [1.165, 1.54) is 0 Å². The quantitative estimate of drug-likeness (QED) is 0.690. The topological polar surface area (TPSA) is 29.1 Å². The lowest BCUT2D eigenvalue weighted by atomic mass is 9.90. The van der Waals surface area contributed by atoms with Crippen molar-refractivity contribution < 1.29 is 4.79 Å². The third-order valence-corrected chi connectivity index (χ3v) is 2.35. The lowest BCUT2D eigenvalue weighted by molar-refractivity contribution is -0.120. The van der Waals surface area contributed by atoms with E-state index in [2.05, 4.69) is 33.0 Å². The second kappa shape index (κ2) is 5.18. The molecule has 0 unspecified atom stereocenters. The summed E-state index contributed by atoms with van der Waals surface area (Å²) in [6.45, 7) is 10.2. The van der Waals surface area contributed by atoms with Crippen LogP contribution in [0.3, 0.4) is 0 Å². The number of carbonyl (C=O) groups excluding carboxylic acids is 1. The van der Waals surface area contributed by atoms with Crippen molar-refractivity contribution in [3.63, 3.8) is 0 Å². The van der Waals surface area contributed by atoms with Crippen LogP contribution in [-0.4, -0.2) is 11.9 Å². The summed E-state index contributed by atoms with van der Waals surface area (Å²) in [5, 5.41) is 2.99. The van der Waals surface area contributed by atoms with Crippen molar-refractivity contribution in [2.45, 2.75) is 47.1 Å². The number of rotatable bonds is 4. The molecule has 1 amide bonds. The molecule has 72 valence electrons. The van der Waals surface area contributed by atoms with E-state index in [9.17, 15) is 4.79 Å². The fraction of sp³-hybridized carbons (Fsp3) is 0.900. The van der Waals surface area contributed by atoms with Gasteiger partial charge in [0.2, 0.25) is 5.91 Å². The lowest BCUT2D eigenvalue weighted by Crippen LogP contribution is -2.41. The van der Waals surface area contributed by atoms with E-state index in [-0.39, 0.29) is 5.91 Å². The third-order valence-electron chi connectivity index (χ3n) is 2.35. The zero-order valence-electron chi connectivity index (χ0n) is 8.85. The van der Waals surface area contributed by atoms with Crippen LogP contribution in [-0.2, 0) is 4.79 Å². The Morgan fingerprint density at radius 2 is 1.83 bits per heavy atom. The molecule has 0 heterocycles. The number of amides is 1. The van der Waals surface area contributed by atoms with E-state index in [1.807, 2.05) is 0 Å². The SMILES string of the molecule is CC[C@H](C)[C@H](NC(C)=O)C(C)C. The first kappa shape index (κ1) is 11.5. The molecule has 0 aromatic heterocycles. The van der Waals surface area contributed by atoms with Gasteiger partial charge in [0.05, 0.1) is 0 Å². The maximum Gasteiger partial charge on any atom is 0.217 e. The Balaban J connectivity index is 4.12. The Labute approximate surface area is 75.7 Å². The smallest absolute Gasteiger partial charge is 0.217 e. The molecular formula is C10H21NO. The van der Waals surface area contributed by atoms with Crippen LogP contribution in [0.15, 0.2) is 0 Å². The second-order valence-electron chi connectivity index (χ2n) is 3.86. The summed E-state index contributed by atoms with van der Waals surface area (Å²) in [6.07, 6.45) is 1.11. The molecule has 0 aromatic rings. The van der Waals surface area contributed by atoms with Gasteiger partial charge >= 0.3 is 0 Å². The van der Waals surface area contributed by atoms with Crippen LogP contribution in [0.1, 0.15) is 41.0 Å². The zero-order chi connectivity index (χ0) is 9.72. The van der Waals surface area contributed by atoms with Gasteiger partial charge in [-0.15, -0.1) is 0 Å². The van der Waals surface area contributed by atoms with Gasteiger partial charge in [0.15, 0.2) is 0 Å². The van der Waals surface area contributed by atoms with Crippen LogP contribution in [0.4, 0.5) is 0 Å². The Kier molecular flexibility index (Phi) is 4.95. The number of hydrogen-bond donors (Lipinski definition) is 1. The fourth-order valence-electron chi connectivity index (χ4n) is 1.45. The fourth-order valence-corrected chi connectivity index (χ4v) is 1.45. The molecule has 0 saturated carbocycles. The minimum Gasteiger partial charge on any atom is -0.353 e. The standard InChI is InChI=1S/C10H21NO/c1-6-8(4)10(7(2)3)11-9(5)12/h7-8,10H,6H2,1-5H3,(H,11,12)/t8-,10+/m0/s1. The predicted molar refractivity (Wildman–Crippen MR) is 51.9 cm³/mol. The lowest BCUT2D eigenvalue weighted by Gasteiger charge is -2.27. The highest BCUT2D eigenvalue weighted by molar-refractivity contribution is 5.73. The first-order chi connectivity index (χ1) is 5.49. The van der Waals surface area contributed by atoms with Crippen LogP contribution in [0.2, 0.25) is 0 Å². The Morgan fingerprint density at radius 1 is 1.33 bits per heavy atom. The van der Waals surface area contributed by atoms with Crippen molar-refractivity contribution in [1.29, 1.82) is 0 Å². The minimum absolute atomic E-state index is 0.0778. The third kappa shape index (κ3) is 3.74. The maximum atomic E-state index is 10.9. The summed E-state index contributed by atoms with van der Waals surface area (Å²) < 4.78 is 0. The largest absolute Gasteiger partial charge is 0.353 e. The molecular weight excluding hydrogens is 150 g/mol. The zero-order valence-corrected chi connectivity index (χ0v) is 8.85. The molecule has 1 N–H and O–H groups in total. The Hall–Kier alpha value is -0.530. The van der Waals surface area contributed by atoms with Crippen molar-refractivity contribution >= 4 is 5.91 Å². The van der Waals surface area contributed by atoms with Gasteiger partial charge in [0, 0.05) is 13.0 Å². The summed E-state index contributed by atoms with van der Waals surface area (Å²) in [4.78, 5) is 10.9. The average Bonchev–Trinajstić information content (AvgIpc) is 1.98. The van der Waals surface area contributed by atoms with Crippen LogP contribution in [0.5, 0.6) is 0 Å². The highest BCUT2D eigenvalue weighted by Gasteiger charge is 2.19. The molecule has 0 spiro atoms. The maximum absolute atomic E-state index is 10.9. The van der Waals surface area contributed by atoms with Gasteiger partial charge in [-0.2, -0.15) is 0 Å². The second-order valence-corrected chi connectivity index (χ2v) is 3.86. The summed E-state index contributed by atoms with van der Waals surface area (Å²) >= 11 is 0. The van der Waals surface area contributed by atoms with Gasteiger partial charge in [-0.3, -0.25) is 4.79 Å². The van der Waals surface area contributed by atoms with Gasteiger partial charge in [0.25, 0.3) is 0 Å².